The predicted octanol–water partition coefficient (Wildman–Crippen LogP) is 3.43. The van der Waals surface area contributed by atoms with Crippen molar-refractivity contribution in [3.05, 3.63) is 35.4 Å². The maximum atomic E-state index is 12.9. The van der Waals surface area contributed by atoms with Gasteiger partial charge in [-0.05, 0) is 50.8 Å². The summed E-state index contributed by atoms with van der Waals surface area (Å²) in [5.41, 5.74) is 0.419. The number of benzene rings is 1. The molecule has 1 aromatic carbocycles. The van der Waals surface area contributed by atoms with Gasteiger partial charge in [-0.25, -0.2) is 9.59 Å². The lowest BCUT2D eigenvalue weighted by Gasteiger charge is -2.22. The average molecular weight is 402 g/mol. The zero-order valence-corrected chi connectivity index (χ0v) is 17.7. The first-order valence-corrected chi connectivity index (χ1v) is 9.56. The summed E-state index contributed by atoms with van der Waals surface area (Å²) in [6.45, 7) is 9.57. The molecule has 0 unspecified atom stereocenters. The third-order valence-corrected chi connectivity index (χ3v) is 3.75. The van der Waals surface area contributed by atoms with Crippen LogP contribution in [-0.2, 0) is 11.3 Å². The Morgan fingerprint density at radius 3 is 2.48 bits per heavy atom. The van der Waals surface area contributed by atoms with E-state index in [1.807, 2.05) is 19.9 Å². The molecule has 8 nitrogen and oxygen atoms in total. The van der Waals surface area contributed by atoms with Gasteiger partial charge in [-0.15, -0.1) is 0 Å². The number of hydrogen-bond acceptors (Lipinski definition) is 5. The summed E-state index contributed by atoms with van der Waals surface area (Å²) in [6, 6.07) is 7.91. The minimum Gasteiger partial charge on any atom is -0.444 e. The summed E-state index contributed by atoms with van der Waals surface area (Å²) >= 11 is 0. The number of carbonyl (C=O) groups excluding carboxylic acids is 3. The molecular weight excluding hydrogens is 372 g/mol. The molecule has 0 saturated carbocycles. The normalized spacial score (nSPS) is 10.8. The Morgan fingerprint density at radius 2 is 1.90 bits per heavy atom. The van der Waals surface area contributed by atoms with E-state index in [1.165, 1.54) is 0 Å². The SMILES string of the molecule is CC(C)CCN(C(=O)NCC#N)C(=O)c1cccc(CNC(=O)OC(C)(C)C)c1. The minimum atomic E-state index is -0.602. The van der Waals surface area contributed by atoms with Crippen molar-refractivity contribution in [3.63, 3.8) is 0 Å². The zero-order valence-electron chi connectivity index (χ0n) is 17.7. The van der Waals surface area contributed by atoms with Crippen LogP contribution < -0.4 is 10.6 Å². The van der Waals surface area contributed by atoms with Gasteiger partial charge in [-0.3, -0.25) is 9.69 Å². The molecule has 0 aliphatic carbocycles. The number of nitrogens with zero attached hydrogens (tertiary/aromatic N) is 2. The molecule has 8 heteroatoms. The van der Waals surface area contributed by atoms with E-state index in [-0.39, 0.29) is 19.6 Å². The molecule has 29 heavy (non-hydrogen) atoms. The smallest absolute Gasteiger partial charge is 0.407 e. The van der Waals surface area contributed by atoms with Crippen molar-refractivity contribution < 1.29 is 19.1 Å². The van der Waals surface area contributed by atoms with Crippen LogP contribution in [0.3, 0.4) is 0 Å². The maximum absolute atomic E-state index is 12.9. The largest absolute Gasteiger partial charge is 0.444 e. The van der Waals surface area contributed by atoms with Crippen molar-refractivity contribution in [2.24, 2.45) is 5.92 Å². The monoisotopic (exact) mass is 402 g/mol. The first-order valence-electron chi connectivity index (χ1n) is 9.56. The van der Waals surface area contributed by atoms with E-state index in [0.29, 0.717) is 23.5 Å². The number of carbonyl (C=O) groups is 3. The lowest BCUT2D eigenvalue weighted by atomic mass is 10.1. The number of imide groups is 1. The van der Waals surface area contributed by atoms with Crippen LogP contribution in [0.25, 0.3) is 0 Å². The molecule has 4 amide bonds. The molecule has 0 fully saturated rings. The van der Waals surface area contributed by atoms with Crippen LogP contribution >= 0.6 is 0 Å². The van der Waals surface area contributed by atoms with Gasteiger partial charge in [0.05, 0.1) is 6.07 Å². The van der Waals surface area contributed by atoms with Gasteiger partial charge in [0.1, 0.15) is 12.1 Å². The Bertz CT molecular complexity index is 763. The molecule has 158 valence electrons. The number of nitrogens with one attached hydrogen (secondary N) is 2. The lowest BCUT2D eigenvalue weighted by molar-refractivity contribution is 0.0523. The standard InChI is InChI=1S/C21H30N4O4/c1-15(2)9-12-25(19(27)23-11-10-22)18(26)17-8-6-7-16(13-17)14-24-20(28)29-21(3,4)5/h6-8,13,15H,9,11-12,14H2,1-5H3,(H,23,27)(H,24,28). The molecule has 0 aromatic heterocycles. The third kappa shape index (κ3) is 9.10. The van der Waals surface area contributed by atoms with E-state index in [0.717, 1.165) is 4.90 Å². The molecule has 1 aromatic rings. The summed E-state index contributed by atoms with van der Waals surface area (Å²) in [6.07, 6.45) is 0.0923. The molecule has 0 bridgehead atoms. The molecule has 0 aliphatic heterocycles. The summed E-state index contributed by atoms with van der Waals surface area (Å²) in [5, 5.41) is 13.7. The van der Waals surface area contributed by atoms with Crippen LogP contribution in [0.2, 0.25) is 0 Å². The number of ether oxygens (including phenoxy) is 1. The van der Waals surface area contributed by atoms with E-state index in [4.69, 9.17) is 10.00 Å². The fourth-order valence-electron chi connectivity index (χ4n) is 2.35. The second-order valence-corrected chi connectivity index (χ2v) is 8.01. The highest BCUT2D eigenvalue weighted by molar-refractivity contribution is 6.04. The molecule has 0 aliphatic rings. The maximum Gasteiger partial charge on any atom is 0.407 e. The van der Waals surface area contributed by atoms with E-state index in [9.17, 15) is 14.4 Å². The first-order chi connectivity index (χ1) is 13.5. The second kappa shape index (κ2) is 11.1. The second-order valence-electron chi connectivity index (χ2n) is 8.01. The molecule has 0 radical (unpaired) electrons. The Labute approximate surface area is 172 Å². The number of urea groups is 1. The lowest BCUT2D eigenvalue weighted by Crippen LogP contribution is -2.44. The van der Waals surface area contributed by atoms with Crippen LogP contribution in [0.5, 0.6) is 0 Å². The Hall–Kier alpha value is -3.08. The third-order valence-electron chi connectivity index (χ3n) is 3.75. The van der Waals surface area contributed by atoms with Crippen LogP contribution in [0, 0.1) is 17.2 Å². The van der Waals surface area contributed by atoms with E-state index < -0.39 is 23.6 Å². The summed E-state index contributed by atoms with van der Waals surface area (Å²) in [4.78, 5) is 38.2. The number of amides is 4. The van der Waals surface area contributed by atoms with Crippen molar-refractivity contribution >= 4 is 18.0 Å². The van der Waals surface area contributed by atoms with Gasteiger partial charge in [0.15, 0.2) is 0 Å². The summed E-state index contributed by atoms with van der Waals surface area (Å²) in [7, 11) is 0. The van der Waals surface area contributed by atoms with Crippen LogP contribution in [0.1, 0.15) is 57.0 Å². The fraction of sp³-hybridized carbons (Fsp3) is 0.524. The minimum absolute atomic E-state index is 0.176. The Balaban J connectivity index is 2.89. The molecule has 0 saturated heterocycles. The molecule has 1 rings (SSSR count). The van der Waals surface area contributed by atoms with Gasteiger partial charge >= 0.3 is 12.1 Å². The number of rotatable bonds is 7. The van der Waals surface area contributed by atoms with Crippen LogP contribution in [-0.4, -0.2) is 41.6 Å². The molecule has 0 atom stereocenters. The van der Waals surface area contributed by atoms with E-state index >= 15 is 0 Å². The molecular formula is C21H30N4O4. The summed E-state index contributed by atoms with van der Waals surface area (Å²) in [5.74, 6) is -0.154. The van der Waals surface area contributed by atoms with Crippen LogP contribution in [0.4, 0.5) is 9.59 Å². The molecule has 2 N–H and O–H groups in total. The van der Waals surface area contributed by atoms with Gasteiger partial charge in [0.25, 0.3) is 5.91 Å². The van der Waals surface area contributed by atoms with Crippen LogP contribution in [0.15, 0.2) is 24.3 Å². The van der Waals surface area contributed by atoms with Gasteiger partial charge in [0.2, 0.25) is 0 Å². The van der Waals surface area contributed by atoms with Gasteiger partial charge < -0.3 is 15.4 Å². The van der Waals surface area contributed by atoms with Gasteiger partial charge in [-0.2, -0.15) is 5.26 Å². The van der Waals surface area contributed by atoms with E-state index in [2.05, 4.69) is 10.6 Å². The van der Waals surface area contributed by atoms with E-state index in [1.54, 1.807) is 45.0 Å². The van der Waals surface area contributed by atoms with Crippen molar-refractivity contribution in [1.29, 1.82) is 5.26 Å². The molecule has 0 heterocycles. The highest BCUT2D eigenvalue weighted by atomic mass is 16.6. The summed E-state index contributed by atoms with van der Waals surface area (Å²) < 4.78 is 5.19. The predicted molar refractivity (Wildman–Crippen MR) is 109 cm³/mol. The van der Waals surface area contributed by atoms with Gasteiger partial charge in [-0.1, -0.05) is 26.0 Å². The average Bonchev–Trinajstić information content (AvgIpc) is 2.63. The number of nitriles is 1. The number of hydrogen-bond donors (Lipinski definition) is 2. The zero-order chi connectivity index (χ0) is 22.0. The highest BCUT2D eigenvalue weighted by Crippen LogP contribution is 2.12. The quantitative estimate of drug-likeness (QED) is 0.679. The highest BCUT2D eigenvalue weighted by Gasteiger charge is 2.23. The first kappa shape index (κ1) is 24.0. The molecule has 0 spiro atoms. The number of alkyl carbamates (subject to hydrolysis) is 1. The van der Waals surface area contributed by atoms with Crippen molar-refractivity contribution in [1.82, 2.24) is 15.5 Å². The van der Waals surface area contributed by atoms with Crippen molar-refractivity contribution in [3.8, 4) is 6.07 Å². The van der Waals surface area contributed by atoms with Crippen molar-refractivity contribution in [2.45, 2.75) is 53.2 Å². The van der Waals surface area contributed by atoms with Gasteiger partial charge in [0, 0.05) is 18.7 Å². The Morgan fingerprint density at radius 1 is 1.21 bits per heavy atom. The fourth-order valence-corrected chi connectivity index (χ4v) is 2.35. The van der Waals surface area contributed by atoms with Crippen molar-refractivity contribution in [2.75, 3.05) is 13.1 Å². The Kier molecular flexibility index (Phi) is 9.13. The topological polar surface area (TPSA) is 112 Å².